The van der Waals surface area contributed by atoms with Gasteiger partial charge in [-0.15, -0.1) is 0 Å². The number of benzene rings is 2. The van der Waals surface area contributed by atoms with Crippen molar-refractivity contribution in [3.63, 3.8) is 0 Å². The van der Waals surface area contributed by atoms with Crippen LogP contribution >= 0.6 is 0 Å². The predicted molar refractivity (Wildman–Crippen MR) is 109 cm³/mol. The van der Waals surface area contributed by atoms with Crippen LogP contribution in [0.25, 0.3) is 0 Å². The largest absolute Gasteiger partial charge is 0.483 e. The van der Waals surface area contributed by atoms with E-state index in [-0.39, 0.29) is 30.7 Å². The van der Waals surface area contributed by atoms with Crippen molar-refractivity contribution in [2.45, 2.75) is 27.2 Å². The van der Waals surface area contributed by atoms with E-state index < -0.39 is 0 Å². The molecule has 2 amide bonds. The Balaban J connectivity index is 1.99. The van der Waals surface area contributed by atoms with Crippen LogP contribution in [-0.2, 0) is 9.59 Å². The number of hydrogen-bond acceptors (Lipinski definition) is 4. The minimum absolute atomic E-state index is 0.0568. The van der Waals surface area contributed by atoms with Gasteiger partial charge in [0.05, 0.1) is 12.1 Å². The third-order valence-electron chi connectivity index (χ3n) is 4.22. The highest BCUT2D eigenvalue weighted by Gasteiger charge is 2.18. The van der Waals surface area contributed by atoms with Crippen LogP contribution in [0.3, 0.4) is 0 Å². The van der Waals surface area contributed by atoms with Gasteiger partial charge >= 0.3 is 0 Å². The Hall–Kier alpha value is -3.15. The molecule has 148 valence electrons. The molecule has 0 aliphatic rings. The number of nitrogens with one attached hydrogen (secondary N) is 1. The average Bonchev–Trinajstić information content (AvgIpc) is 2.67. The number of nitrogens with zero attached hydrogens (tertiary/aromatic N) is 1. The molecule has 6 nitrogen and oxygen atoms in total. The lowest BCUT2D eigenvalue weighted by Gasteiger charge is -2.22. The van der Waals surface area contributed by atoms with Crippen molar-refractivity contribution in [2.75, 3.05) is 25.0 Å². The molecule has 6 heteroatoms. The molecular formula is C22H26N2O4. The van der Waals surface area contributed by atoms with E-state index >= 15 is 0 Å². The van der Waals surface area contributed by atoms with Gasteiger partial charge in [0.25, 0.3) is 5.91 Å². The van der Waals surface area contributed by atoms with Crippen LogP contribution in [0.2, 0.25) is 0 Å². The zero-order valence-corrected chi connectivity index (χ0v) is 16.5. The van der Waals surface area contributed by atoms with Gasteiger partial charge < -0.3 is 15.0 Å². The lowest BCUT2D eigenvalue weighted by atomic mass is 10.1. The average molecular weight is 382 g/mol. The quantitative estimate of drug-likeness (QED) is 0.674. The smallest absolute Gasteiger partial charge is 0.260 e. The summed E-state index contributed by atoms with van der Waals surface area (Å²) < 4.78 is 5.56. The molecule has 0 saturated heterocycles. The fourth-order valence-electron chi connectivity index (χ4n) is 2.75. The first-order chi connectivity index (χ1) is 13.4. The van der Waals surface area contributed by atoms with E-state index in [4.69, 9.17) is 4.74 Å². The van der Waals surface area contributed by atoms with E-state index in [2.05, 4.69) is 5.32 Å². The van der Waals surface area contributed by atoms with Crippen molar-refractivity contribution in [1.82, 2.24) is 4.90 Å². The van der Waals surface area contributed by atoms with E-state index in [1.807, 2.05) is 38.1 Å². The Bertz CT molecular complexity index is 848. The van der Waals surface area contributed by atoms with Gasteiger partial charge in [0.2, 0.25) is 5.91 Å². The summed E-state index contributed by atoms with van der Waals surface area (Å²) in [7, 11) is 0. The van der Waals surface area contributed by atoms with E-state index in [1.165, 1.54) is 11.8 Å². The Kier molecular flexibility index (Phi) is 7.75. The zero-order chi connectivity index (χ0) is 20.5. The SMILES string of the molecule is CCCN(CC(=O)Nc1ccccc1C)C(=O)COc1ccccc1C(C)=O. The van der Waals surface area contributed by atoms with Crippen molar-refractivity contribution >= 4 is 23.3 Å². The van der Waals surface area contributed by atoms with Gasteiger partial charge in [0.15, 0.2) is 12.4 Å². The van der Waals surface area contributed by atoms with Crippen LogP contribution in [0.5, 0.6) is 5.75 Å². The summed E-state index contributed by atoms with van der Waals surface area (Å²) in [6, 6.07) is 14.3. The minimum Gasteiger partial charge on any atom is -0.483 e. The molecule has 0 radical (unpaired) electrons. The van der Waals surface area contributed by atoms with Crippen molar-refractivity contribution in [3.8, 4) is 5.75 Å². The summed E-state index contributed by atoms with van der Waals surface area (Å²) in [6.45, 7) is 5.44. The molecule has 2 rings (SSSR count). The zero-order valence-electron chi connectivity index (χ0n) is 16.5. The molecule has 0 spiro atoms. The third kappa shape index (κ3) is 5.94. The first kappa shape index (κ1) is 21.2. The second kappa shape index (κ2) is 10.3. The second-order valence-corrected chi connectivity index (χ2v) is 6.52. The molecule has 0 atom stereocenters. The third-order valence-corrected chi connectivity index (χ3v) is 4.22. The van der Waals surface area contributed by atoms with Gasteiger partial charge in [0, 0.05) is 12.2 Å². The fraction of sp³-hybridized carbons (Fsp3) is 0.318. The maximum absolute atomic E-state index is 12.6. The standard InChI is InChI=1S/C22H26N2O4/c1-4-13-24(14-21(26)23-19-11-7-5-9-16(19)2)22(27)15-28-20-12-8-6-10-18(20)17(3)25/h5-12H,4,13-15H2,1-3H3,(H,23,26). The number of para-hydroxylation sites is 2. The summed E-state index contributed by atoms with van der Waals surface area (Å²) in [4.78, 5) is 38.1. The van der Waals surface area contributed by atoms with Crippen molar-refractivity contribution < 1.29 is 19.1 Å². The van der Waals surface area contributed by atoms with Gasteiger partial charge in [-0.05, 0) is 44.0 Å². The molecule has 0 fully saturated rings. The molecule has 0 aromatic heterocycles. The van der Waals surface area contributed by atoms with Crippen molar-refractivity contribution in [2.24, 2.45) is 0 Å². The highest BCUT2D eigenvalue weighted by Crippen LogP contribution is 2.18. The predicted octanol–water partition coefficient (Wildman–Crippen LogP) is 3.45. The van der Waals surface area contributed by atoms with E-state index in [9.17, 15) is 14.4 Å². The summed E-state index contributed by atoms with van der Waals surface area (Å²) in [6.07, 6.45) is 0.716. The number of carbonyl (C=O) groups is 3. The van der Waals surface area contributed by atoms with Crippen LogP contribution in [0.15, 0.2) is 48.5 Å². The summed E-state index contributed by atoms with van der Waals surface area (Å²) in [5.74, 6) is -0.337. The van der Waals surface area contributed by atoms with Gasteiger partial charge in [0.1, 0.15) is 5.75 Å². The topological polar surface area (TPSA) is 75.7 Å². The molecule has 28 heavy (non-hydrogen) atoms. The molecule has 2 aromatic carbocycles. The number of Topliss-reactive ketones (excluding diaryl/α,β-unsaturated/α-hetero) is 1. The number of anilines is 1. The molecule has 1 N–H and O–H groups in total. The number of carbonyl (C=O) groups excluding carboxylic acids is 3. The number of ketones is 1. The van der Waals surface area contributed by atoms with Gasteiger partial charge in [-0.25, -0.2) is 0 Å². The number of hydrogen-bond donors (Lipinski definition) is 1. The van der Waals surface area contributed by atoms with Crippen LogP contribution < -0.4 is 10.1 Å². The molecule has 0 heterocycles. The lowest BCUT2D eigenvalue weighted by molar-refractivity contribution is -0.136. The highest BCUT2D eigenvalue weighted by molar-refractivity contribution is 5.97. The fourth-order valence-corrected chi connectivity index (χ4v) is 2.75. The highest BCUT2D eigenvalue weighted by atomic mass is 16.5. The molecule has 0 saturated carbocycles. The number of aryl methyl sites for hydroxylation is 1. The van der Waals surface area contributed by atoms with Gasteiger partial charge in [-0.3, -0.25) is 14.4 Å². The normalized spacial score (nSPS) is 10.2. The lowest BCUT2D eigenvalue weighted by Crippen LogP contribution is -2.41. The summed E-state index contributed by atoms with van der Waals surface area (Å²) in [5, 5.41) is 2.83. The molecule has 2 aromatic rings. The van der Waals surface area contributed by atoms with Crippen LogP contribution in [0.1, 0.15) is 36.2 Å². The molecule has 0 aliphatic carbocycles. The van der Waals surface area contributed by atoms with Crippen LogP contribution in [0.4, 0.5) is 5.69 Å². The van der Waals surface area contributed by atoms with Gasteiger partial charge in [-0.2, -0.15) is 0 Å². The van der Waals surface area contributed by atoms with Crippen LogP contribution in [0, 0.1) is 6.92 Å². The van der Waals surface area contributed by atoms with Crippen LogP contribution in [-0.4, -0.2) is 42.2 Å². The second-order valence-electron chi connectivity index (χ2n) is 6.52. The van der Waals surface area contributed by atoms with Gasteiger partial charge in [-0.1, -0.05) is 37.3 Å². The maximum Gasteiger partial charge on any atom is 0.260 e. The first-order valence-electron chi connectivity index (χ1n) is 9.28. The van der Waals surface area contributed by atoms with Crippen molar-refractivity contribution in [3.05, 3.63) is 59.7 Å². The van der Waals surface area contributed by atoms with Crippen molar-refractivity contribution in [1.29, 1.82) is 0 Å². The van der Waals surface area contributed by atoms with E-state index in [0.717, 1.165) is 11.3 Å². The summed E-state index contributed by atoms with van der Waals surface area (Å²) >= 11 is 0. The maximum atomic E-state index is 12.6. The molecule has 0 aliphatic heterocycles. The Labute approximate surface area is 165 Å². The monoisotopic (exact) mass is 382 g/mol. The number of amides is 2. The Morgan fingerprint density at radius 2 is 1.71 bits per heavy atom. The summed E-state index contributed by atoms with van der Waals surface area (Å²) in [5.41, 5.74) is 2.10. The molecule has 0 unspecified atom stereocenters. The Morgan fingerprint density at radius 3 is 2.39 bits per heavy atom. The molecule has 0 bridgehead atoms. The number of rotatable bonds is 9. The number of ether oxygens (including phenoxy) is 1. The Morgan fingerprint density at radius 1 is 1.04 bits per heavy atom. The minimum atomic E-state index is -0.305. The molecular weight excluding hydrogens is 356 g/mol. The van der Waals surface area contributed by atoms with E-state index in [0.29, 0.717) is 24.3 Å². The first-order valence-corrected chi connectivity index (χ1v) is 9.28. The van der Waals surface area contributed by atoms with E-state index in [1.54, 1.807) is 24.3 Å².